The van der Waals surface area contributed by atoms with Crippen molar-refractivity contribution in [3.05, 3.63) is 57.8 Å². The van der Waals surface area contributed by atoms with Gasteiger partial charge in [-0.1, -0.05) is 29.8 Å². The van der Waals surface area contributed by atoms with Gasteiger partial charge in [-0.05, 0) is 47.7 Å². The van der Waals surface area contributed by atoms with Gasteiger partial charge in [0, 0.05) is 6.04 Å². The molecule has 1 unspecified atom stereocenters. The normalized spacial score (nSPS) is 12.6. The maximum absolute atomic E-state index is 6.14. The van der Waals surface area contributed by atoms with Crippen LogP contribution in [0.3, 0.4) is 0 Å². The summed E-state index contributed by atoms with van der Waals surface area (Å²) in [5, 5.41) is 4.28. The molecule has 0 fully saturated rings. The molecule has 16 heavy (non-hydrogen) atoms. The Labute approximate surface area is 101 Å². The summed E-state index contributed by atoms with van der Waals surface area (Å²) in [5.74, 6) is 0. The van der Waals surface area contributed by atoms with Crippen molar-refractivity contribution in [1.29, 1.82) is 0 Å². The lowest BCUT2D eigenvalue weighted by molar-refractivity contribution is 0.666. The van der Waals surface area contributed by atoms with Gasteiger partial charge in [0.05, 0.1) is 0 Å². The van der Waals surface area contributed by atoms with Crippen LogP contribution < -0.4 is 5.73 Å². The fourth-order valence-electron chi connectivity index (χ4n) is 1.81. The lowest BCUT2D eigenvalue weighted by Crippen LogP contribution is -2.25. The summed E-state index contributed by atoms with van der Waals surface area (Å²) >= 11 is 1.73. The molecular weight excluding hydrogens is 214 g/mol. The number of benzene rings is 1. The number of nitrogens with two attached hydrogens (primary N) is 1. The second-order valence-corrected chi connectivity index (χ2v) is 5.07. The number of thiophene rings is 1. The van der Waals surface area contributed by atoms with Crippen molar-refractivity contribution in [1.82, 2.24) is 0 Å². The predicted molar refractivity (Wildman–Crippen MR) is 70.9 cm³/mol. The summed E-state index contributed by atoms with van der Waals surface area (Å²) in [5.41, 5.74) is 10.1. The molecular formula is C14H17NS. The summed E-state index contributed by atoms with van der Waals surface area (Å²) < 4.78 is 0. The SMILES string of the molecule is Cc1ccc(CC(N)Cc2ccsc2)cc1. The van der Waals surface area contributed by atoms with Crippen LogP contribution in [0.2, 0.25) is 0 Å². The highest BCUT2D eigenvalue weighted by atomic mass is 32.1. The first-order valence-corrected chi connectivity index (χ1v) is 6.50. The summed E-state index contributed by atoms with van der Waals surface area (Å²) in [6.07, 6.45) is 1.92. The predicted octanol–water partition coefficient (Wildman–Crippen LogP) is 3.17. The fraction of sp³-hybridized carbons (Fsp3) is 0.286. The van der Waals surface area contributed by atoms with Crippen LogP contribution in [-0.4, -0.2) is 6.04 Å². The van der Waals surface area contributed by atoms with E-state index in [2.05, 4.69) is 48.0 Å². The highest BCUT2D eigenvalue weighted by molar-refractivity contribution is 7.07. The van der Waals surface area contributed by atoms with Gasteiger partial charge in [0.2, 0.25) is 0 Å². The van der Waals surface area contributed by atoms with E-state index >= 15 is 0 Å². The van der Waals surface area contributed by atoms with Gasteiger partial charge in [-0.25, -0.2) is 0 Å². The summed E-state index contributed by atoms with van der Waals surface area (Å²) in [7, 11) is 0. The topological polar surface area (TPSA) is 26.0 Å². The molecule has 0 spiro atoms. The molecule has 0 aliphatic carbocycles. The molecule has 0 saturated heterocycles. The summed E-state index contributed by atoms with van der Waals surface area (Å²) in [6.45, 7) is 2.11. The van der Waals surface area contributed by atoms with Gasteiger partial charge in [-0.15, -0.1) is 0 Å². The molecule has 1 atom stereocenters. The molecule has 0 amide bonds. The molecule has 2 N–H and O–H groups in total. The molecule has 1 aromatic heterocycles. The monoisotopic (exact) mass is 231 g/mol. The maximum Gasteiger partial charge on any atom is 0.0120 e. The minimum absolute atomic E-state index is 0.220. The van der Waals surface area contributed by atoms with E-state index in [9.17, 15) is 0 Å². The lowest BCUT2D eigenvalue weighted by atomic mass is 10.0. The Kier molecular flexibility index (Phi) is 3.75. The molecule has 2 rings (SSSR count). The van der Waals surface area contributed by atoms with Crippen LogP contribution in [0, 0.1) is 6.92 Å². The van der Waals surface area contributed by atoms with E-state index in [0.29, 0.717) is 0 Å². The number of hydrogen-bond acceptors (Lipinski definition) is 2. The quantitative estimate of drug-likeness (QED) is 0.859. The summed E-state index contributed by atoms with van der Waals surface area (Å²) in [4.78, 5) is 0. The molecule has 1 heterocycles. The van der Waals surface area contributed by atoms with Gasteiger partial charge in [0.25, 0.3) is 0 Å². The van der Waals surface area contributed by atoms with E-state index < -0.39 is 0 Å². The van der Waals surface area contributed by atoms with Crippen molar-refractivity contribution in [3.8, 4) is 0 Å². The third kappa shape index (κ3) is 3.19. The van der Waals surface area contributed by atoms with E-state index in [1.54, 1.807) is 11.3 Å². The van der Waals surface area contributed by atoms with Crippen molar-refractivity contribution in [2.24, 2.45) is 5.73 Å². The Bertz CT molecular complexity index is 417. The zero-order valence-corrected chi connectivity index (χ0v) is 10.3. The van der Waals surface area contributed by atoms with Crippen molar-refractivity contribution >= 4 is 11.3 Å². The van der Waals surface area contributed by atoms with Crippen LogP contribution in [0.25, 0.3) is 0 Å². The molecule has 0 bridgehead atoms. The Morgan fingerprint density at radius 2 is 1.75 bits per heavy atom. The minimum Gasteiger partial charge on any atom is -0.327 e. The Morgan fingerprint density at radius 1 is 1.06 bits per heavy atom. The van der Waals surface area contributed by atoms with Crippen molar-refractivity contribution in [2.75, 3.05) is 0 Å². The summed E-state index contributed by atoms with van der Waals surface area (Å²) in [6, 6.07) is 11.0. The second kappa shape index (κ2) is 5.28. The van der Waals surface area contributed by atoms with Crippen molar-refractivity contribution < 1.29 is 0 Å². The zero-order chi connectivity index (χ0) is 11.4. The van der Waals surface area contributed by atoms with Gasteiger partial charge < -0.3 is 5.73 Å². The standard InChI is InChI=1S/C14H17NS/c1-11-2-4-12(5-3-11)8-14(15)9-13-6-7-16-10-13/h2-7,10,14H,8-9,15H2,1H3. The van der Waals surface area contributed by atoms with Crippen LogP contribution >= 0.6 is 11.3 Å². The fourth-order valence-corrected chi connectivity index (χ4v) is 2.49. The molecule has 1 nitrogen and oxygen atoms in total. The first-order valence-electron chi connectivity index (χ1n) is 5.56. The van der Waals surface area contributed by atoms with Gasteiger partial charge in [-0.2, -0.15) is 11.3 Å². The molecule has 0 saturated carbocycles. The first kappa shape index (κ1) is 11.4. The van der Waals surface area contributed by atoms with E-state index in [1.807, 2.05) is 0 Å². The van der Waals surface area contributed by atoms with Crippen LogP contribution in [-0.2, 0) is 12.8 Å². The van der Waals surface area contributed by atoms with Gasteiger partial charge in [-0.3, -0.25) is 0 Å². The molecule has 2 heteroatoms. The van der Waals surface area contributed by atoms with Crippen molar-refractivity contribution in [2.45, 2.75) is 25.8 Å². The van der Waals surface area contributed by atoms with Crippen LogP contribution in [0.4, 0.5) is 0 Å². The minimum atomic E-state index is 0.220. The number of aryl methyl sites for hydroxylation is 1. The second-order valence-electron chi connectivity index (χ2n) is 4.29. The largest absolute Gasteiger partial charge is 0.327 e. The van der Waals surface area contributed by atoms with Crippen LogP contribution in [0.5, 0.6) is 0 Å². The number of hydrogen-bond donors (Lipinski definition) is 1. The first-order chi connectivity index (χ1) is 7.74. The van der Waals surface area contributed by atoms with Crippen LogP contribution in [0.15, 0.2) is 41.1 Å². The van der Waals surface area contributed by atoms with Gasteiger partial charge in [0.1, 0.15) is 0 Å². The van der Waals surface area contributed by atoms with Crippen LogP contribution in [0.1, 0.15) is 16.7 Å². The molecule has 84 valence electrons. The van der Waals surface area contributed by atoms with E-state index in [1.165, 1.54) is 16.7 Å². The smallest absolute Gasteiger partial charge is 0.0120 e. The molecule has 0 aliphatic heterocycles. The maximum atomic E-state index is 6.14. The third-order valence-corrected chi connectivity index (χ3v) is 3.43. The molecule has 2 aromatic rings. The Balaban J connectivity index is 1.92. The van der Waals surface area contributed by atoms with Gasteiger partial charge >= 0.3 is 0 Å². The number of rotatable bonds is 4. The highest BCUT2D eigenvalue weighted by Crippen LogP contribution is 2.11. The Hall–Kier alpha value is -1.12. The third-order valence-electron chi connectivity index (χ3n) is 2.70. The molecule has 0 radical (unpaired) electrons. The Morgan fingerprint density at radius 3 is 2.38 bits per heavy atom. The zero-order valence-electron chi connectivity index (χ0n) is 9.52. The van der Waals surface area contributed by atoms with Gasteiger partial charge in [0.15, 0.2) is 0 Å². The molecule has 0 aliphatic rings. The van der Waals surface area contributed by atoms with E-state index in [-0.39, 0.29) is 6.04 Å². The average Bonchev–Trinajstić information content (AvgIpc) is 2.74. The van der Waals surface area contributed by atoms with E-state index in [4.69, 9.17) is 5.73 Å². The van der Waals surface area contributed by atoms with Crippen molar-refractivity contribution in [3.63, 3.8) is 0 Å². The highest BCUT2D eigenvalue weighted by Gasteiger charge is 2.05. The van der Waals surface area contributed by atoms with E-state index in [0.717, 1.165) is 12.8 Å². The lowest BCUT2D eigenvalue weighted by Gasteiger charge is -2.10. The average molecular weight is 231 g/mol. The molecule has 1 aromatic carbocycles.